The minimum Gasteiger partial charge on any atom is -0.313 e. The molecule has 2 aliphatic rings. The Morgan fingerprint density at radius 3 is 3.18 bits per heavy atom. The highest BCUT2D eigenvalue weighted by Gasteiger charge is 2.35. The molecule has 0 radical (unpaired) electrons. The minimum atomic E-state index is -0.182. The van der Waals surface area contributed by atoms with Gasteiger partial charge < -0.3 is 5.32 Å². The molecule has 3 N–H and O–H groups in total. The number of aliphatic imine (C=N–C) groups is 1. The highest BCUT2D eigenvalue weighted by Crippen LogP contribution is 2.05. The van der Waals surface area contributed by atoms with E-state index in [-0.39, 0.29) is 18.1 Å². The van der Waals surface area contributed by atoms with Crippen LogP contribution < -0.4 is 16.0 Å². The molecule has 2 atom stereocenters. The van der Waals surface area contributed by atoms with E-state index in [9.17, 15) is 4.79 Å². The fraction of sp³-hybridized carbons (Fsp3) is 0.667. The summed E-state index contributed by atoms with van der Waals surface area (Å²) in [5.41, 5.74) is 0. The normalized spacial score (nSPS) is 36.1. The van der Waals surface area contributed by atoms with Gasteiger partial charge in [0, 0.05) is 6.67 Å². The predicted octanol–water partition coefficient (Wildman–Crippen LogP) is -1.62. The summed E-state index contributed by atoms with van der Waals surface area (Å²) in [7, 11) is 0. The van der Waals surface area contributed by atoms with Crippen molar-refractivity contribution in [3.05, 3.63) is 0 Å². The smallest absolute Gasteiger partial charge is 0.246 e. The van der Waals surface area contributed by atoms with E-state index in [1.165, 1.54) is 0 Å². The van der Waals surface area contributed by atoms with Crippen LogP contribution in [-0.2, 0) is 4.79 Å². The van der Waals surface area contributed by atoms with Gasteiger partial charge in [-0.3, -0.25) is 20.4 Å². The molecule has 2 aliphatic heterocycles. The van der Waals surface area contributed by atoms with Gasteiger partial charge in [-0.25, -0.2) is 0 Å². The number of hydrogen-bond acceptors (Lipinski definition) is 4. The van der Waals surface area contributed by atoms with Gasteiger partial charge in [-0.2, -0.15) is 0 Å². The number of nitrogens with one attached hydrogen (secondary N) is 3. The number of amides is 1. The number of nitrogens with zero attached hydrogens (tertiary/aromatic N) is 1. The Morgan fingerprint density at radius 1 is 1.55 bits per heavy atom. The van der Waals surface area contributed by atoms with E-state index in [1.54, 1.807) is 6.92 Å². The molecule has 2 heterocycles. The van der Waals surface area contributed by atoms with E-state index in [0.29, 0.717) is 12.5 Å². The Morgan fingerprint density at radius 2 is 2.36 bits per heavy atom. The van der Waals surface area contributed by atoms with Crippen LogP contribution in [-0.4, -0.2) is 30.6 Å². The van der Waals surface area contributed by atoms with Crippen LogP contribution in [0.3, 0.4) is 0 Å². The zero-order valence-electron chi connectivity index (χ0n) is 6.22. The van der Waals surface area contributed by atoms with Crippen LogP contribution in [0.5, 0.6) is 0 Å². The second-order valence-corrected chi connectivity index (χ2v) is 2.71. The van der Waals surface area contributed by atoms with Crippen molar-refractivity contribution in [2.24, 2.45) is 4.99 Å². The topological polar surface area (TPSA) is 65.5 Å². The maximum absolute atomic E-state index is 11.2. The fourth-order valence-electron chi connectivity index (χ4n) is 1.36. The molecule has 60 valence electrons. The van der Waals surface area contributed by atoms with Crippen LogP contribution >= 0.6 is 0 Å². The average Bonchev–Trinajstić information content (AvgIpc) is 2.34. The third-order valence-electron chi connectivity index (χ3n) is 1.87. The van der Waals surface area contributed by atoms with Crippen molar-refractivity contribution in [2.75, 3.05) is 6.67 Å². The molecule has 0 bridgehead atoms. The first-order chi connectivity index (χ1) is 5.27. The Labute approximate surface area is 64.3 Å². The van der Waals surface area contributed by atoms with Crippen LogP contribution in [0.25, 0.3) is 0 Å². The lowest BCUT2D eigenvalue weighted by atomic mass is 10.2. The summed E-state index contributed by atoms with van der Waals surface area (Å²) in [5.74, 6) is 0.694. The number of fused-ring (bicyclic) bond motifs is 1. The molecule has 11 heavy (non-hydrogen) atoms. The first kappa shape index (κ1) is 6.75. The zero-order valence-corrected chi connectivity index (χ0v) is 6.22. The van der Waals surface area contributed by atoms with Crippen molar-refractivity contribution in [3.8, 4) is 0 Å². The third kappa shape index (κ3) is 1.02. The van der Waals surface area contributed by atoms with E-state index < -0.39 is 0 Å². The fourth-order valence-corrected chi connectivity index (χ4v) is 1.36. The molecule has 5 nitrogen and oxygen atoms in total. The van der Waals surface area contributed by atoms with Crippen molar-refractivity contribution >= 4 is 11.7 Å². The van der Waals surface area contributed by atoms with Gasteiger partial charge in [0.2, 0.25) is 5.91 Å². The second-order valence-electron chi connectivity index (χ2n) is 2.71. The van der Waals surface area contributed by atoms with E-state index in [4.69, 9.17) is 0 Å². The molecule has 1 fully saturated rings. The molecular formula is C6H10N4O. The molecule has 2 unspecified atom stereocenters. The lowest BCUT2D eigenvalue weighted by molar-refractivity contribution is -0.122. The summed E-state index contributed by atoms with van der Waals surface area (Å²) in [6, 6.07) is -0.182. The van der Waals surface area contributed by atoms with Gasteiger partial charge in [0.25, 0.3) is 0 Å². The standard InChI is InChI=1S/C6H10N4O/c1-3-9-5-4(6(11)10-3)7-2-8-5/h4-5,7-8H,2H2,1H3,(H,9,10,11). The van der Waals surface area contributed by atoms with Crippen LogP contribution in [0.2, 0.25) is 0 Å². The molecule has 0 aliphatic carbocycles. The lowest BCUT2D eigenvalue weighted by Gasteiger charge is -2.21. The van der Waals surface area contributed by atoms with Crippen LogP contribution in [0.15, 0.2) is 4.99 Å². The van der Waals surface area contributed by atoms with Crippen molar-refractivity contribution in [1.82, 2.24) is 16.0 Å². The Hall–Kier alpha value is -0.940. The first-order valence-corrected chi connectivity index (χ1v) is 3.59. The molecule has 0 aromatic heterocycles. The number of rotatable bonds is 0. The summed E-state index contributed by atoms with van der Waals surface area (Å²) in [4.78, 5) is 15.4. The summed E-state index contributed by atoms with van der Waals surface area (Å²) >= 11 is 0. The molecular weight excluding hydrogens is 144 g/mol. The molecule has 0 spiro atoms. The van der Waals surface area contributed by atoms with Crippen molar-refractivity contribution in [2.45, 2.75) is 19.1 Å². The summed E-state index contributed by atoms with van der Waals surface area (Å²) in [6.45, 7) is 2.44. The SMILES string of the molecule is CC1=NC2NCNC2C(=O)N1. The quantitative estimate of drug-likeness (QED) is 0.393. The largest absolute Gasteiger partial charge is 0.313 e. The lowest BCUT2D eigenvalue weighted by Crippen LogP contribution is -2.52. The molecule has 5 heteroatoms. The maximum atomic E-state index is 11.2. The Balaban J connectivity index is 2.25. The zero-order chi connectivity index (χ0) is 7.84. The van der Waals surface area contributed by atoms with Gasteiger partial charge in [0.1, 0.15) is 18.0 Å². The van der Waals surface area contributed by atoms with Gasteiger partial charge in [-0.1, -0.05) is 0 Å². The van der Waals surface area contributed by atoms with Crippen LogP contribution in [0, 0.1) is 0 Å². The van der Waals surface area contributed by atoms with E-state index in [1.807, 2.05) is 0 Å². The van der Waals surface area contributed by atoms with Gasteiger partial charge >= 0.3 is 0 Å². The van der Waals surface area contributed by atoms with Crippen LogP contribution in [0.4, 0.5) is 0 Å². The average molecular weight is 154 g/mol. The van der Waals surface area contributed by atoms with Crippen molar-refractivity contribution in [1.29, 1.82) is 0 Å². The second kappa shape index (κ2) is 2.28. The Bertz CT molecular complexity index is 225. The molecule has 0 aromatic rings. The monoisotopic (exact) mass is 154 g/mol. The Kier molecular flexibility index (Phi) is 1.40. The minimum absolute atomic E-state index is 0.00694. The molecule has 1 amide bonds. The number of carbonyl (C=O) groups is 1. The predicted molar refractivity (Wildman–Crippen MR) is 40.0 cm³/mol. The van der Waals surface area contributed by atoms with E-state index >= 15 is 0 Å². The first-order valence-electron chi connectivity index (χ1n) is 3.59. The highest BCUT2D eigenvalue weighted by molar-refractivity contribution is 6.01. The summed E-state index contributed by atoms with van der Waals surface area (Å²) < 4.78 is 0. The van der Waals surface area contributed by atoms with Crippen LogP contribution in [0.1, 0.15) is 6.92 Å². The highest BCUT2D eigenvalue weighted by atomic mass is 16.2. The van der Waals surface area contributed by atoms with Gasteiger partial charge in [0.15, 0.2) is 0 Å². The van der Waals surface area contributed by atoms with Gasteiger partial charge in [-0.05, 0) is 6.92 Å². The number of hydrogen-bond donors (Lipinski definition) is 3. The number of carbonyl (C=O) groups excluding carboxylic acids is 1. The van der Waals surface area contributed by atoms with E-state index in [0.717, 1.165) is 0 Å². The van der Waals surface area contributed by atoms with Gasteiger partial charge in [0.05, 0.1) is 0 Å². The molecule has 1 saturated heterocycles. The van der Waals surface area contributed by atoms with Crippen molar-refractivity contribution < 1.29 is 4.79 Å². The summed E-state index contributed by atoms with van der Waals surface area (Å²) in [6.07, 6.45) is -0.0660. The maximum Gasteiger partial charge on any atom is 0.246 e. The third-order valence-corrected chi connectivity index (χ3v) is 1.87. The molecule has 2 rings (SSSR count). The van der Waals surface area contributed by atoms with E-state index in [2.05, 4.69) is 20.9 Å². The summed E-state index contributed by atoms with van der Waals surface area (Å²) in [5, 5.41) is 8.72. The molecule has 0 saturated carbocycles. The van der Waals surface area contributed by atoms with Crippen molar-refractivity contribution in [3.63, 3.8) is 0 Å². The molecule has 0 aromatic carbocycles. The number of amidine groups is 1. The van der Waals surface area contributed by atoms with Gasteiger partial charge in [-0.15, -0.1) is 0 Å².